The lowest BCUT2D eigenvalue weighted by Gasteiger charge is -2.33. The normalized spacial score (nSPS) is 17.1. The van der Waals surface area contributed by atoms with Gasteiger partial charge in [0.15, 0.2) is 12.6 Å². The number of esters is 1. The maximum Gasteiger partial charge on any atom is 0.309 e. The van der Waals surface area contributed by atoms with Gasteiger partial charge in [-0.15, -0.1) is 0 Å². The van der Waals surface area contributed by atoms with Crippen molar-refractivity contribution in [2.75, 3.05) is 39.4 Å². The van der Waals surface area contributed by atoms with Crippen molar-refractivity contribution in [3.63, 3.8) is 0 Å². The van der Waals surface area contributed by atoms with Gasteiger partial charge in [-0.25, -0.2) is 0 Å². The molecule has 1 heterocycles. The van der Waals surface area contributed by atoms with Crippen LogP contribution in [-0.4, -0.2) is 68.2 Å². The van der Waals surface area contributed by atoms with Crippen molar-refractivity contribution in [1.29, 1.82) is 0 Å². The molecule has 8 heteroatoms. The van der Waals surface area contributed by atoms with Gasteiger partial charge in [0.05, 0.1) is 12.5 Å². The Labute approximate surface area is 190 Å². The van der Waals surface area contributed by atoms with Crippen molar-refractivity contribution in [3.05, 3.63) is 29.8 Å². The van der Waals surface area contributed by atoms with E-state index >= 15 is 0 Å². The van der Waals surface area contributed by atoms with Gasteiger partial charge >= 0.3 is 5.97 Å². The summed E-state index contributed by atoms with van der Waals surface area (Å²) < 4.78 is 10.7. The van der Waals surface area contributed by atoms with Gasteiger partial charge in [-0.05, 0) is 63.6 Å². The summed E-state index contributed by atoms with van der Waals surface area (Å²) in [5.41, 5.74) is 1.17. The molecule has 1 saturated carbocycles. The van der Waals surface area contributed by atoms with Crippen LogP contribution in [0.25, 0.3) is 0 Å². The van der Waals surface area contributed by atoms with Crippen molar-refractivity contribution >= 4 is 17.8 Å². The molecule has 1 aliphatic heterocycles. The molecule has 2 N–H and O–H groups in total. The van der Waals surface area contributed by atoms with Gasteiger partial charge in [-0.1, -0.05) is 12.1 Å². The first-order valence-corrected chi connectivity index (χ1v) is 11.8. The lowest BCUT2D eigenvalue weighted by Crippen LogP contribution is -2.46. The molecule has 3 rings (SSSR count). The Balaban J connectivity index is 1.43. The first-order chi connectivity index (χ1) is 15.6. The van der Waals surface area contributed by atoms with E-state index in [9.17, 15) is 9.59 Å². The highest BCUT2D eigenvalue weighted by atomic mass is 16.5. The molecule has 2 aliphatic rings. The molecule has 0 spiro atoms. The van der Waals surface area contributed by atoms with Gasteiger partial charge in [0, 0.05) is 32.2 Å². The topological polar surface area (TPSA) is 92.3 Å². The smallest absolute Gasteiger partial charge is 0.309 e. The van der Waals surface area contributed by atoms with Crippen molar-refractivity contribution in [3.8, 4) is 5.75 Å². The fourth-order valence-corrected chi connectivity index (χ4v) is 3.70. The number of piperidine rings is 1. The highest BCUT2D eigenvalue weighted by Crippen LogP contribution is 2.20. The summed E-state index contributed by atoms with van der Waals surface area (Å²) in [7, 11) is 0. The zero-order valence-electron chi connectivity index (χ0n) is 19.3. The molecular weight excluding hydrogens is 408 g/mol. The number of hydrogen-bond donors (Lipinski definition) is 2. The highest BCUT2D eigenvalue weighted by Gasteiger charge is 2.27. The van der Waals surface area contributed by atoms with Gasteiger partial charge in [0.2, 0.25) is 0 Å². The van der Waals surface area contributed by atoms with Gasteiger partial charge in [-0.2, -0.15) is 0 Å². The standard InChI is InChI=1S/C24H36N4O4/c1-3-25-24(28-15-12-19(13-16-28)23(30)31-4-2)26-14-11-18-5-9-21(10-6-18)32-17-22(29)27-20-7-8-20/h5-6,9-10,19-20H,3-4,7-8,11-17H2,1-2H3,(H,25,26)(H,27,29). The summed E-state index contributed by atoms with van der Waals surface area (Å²) in [6.45, 7) is 7.47. The van der Waals surface area contributed by atoms with E-state index in [0.29, 0.717) is 24.9 Å². The first-order valence-electron chi connectivity index (χ1n) is 11.8. The average molecular weight is 445 g/mol. The van der Waals surface area contributed by atoms with Crippen LogP contribution in [0.3, 0.4) is 0 Å². The molecule has 1 aliphatic carbocycles. The van der Waals surface area contributed by atoms with Crippen LogP contribution in [0, 0.1) is 5.92 Å². The summed E-state index contributed by atoms with van der Waals surface area (Å²) in [5, 5.41) is 6.28. The van der Waals surface area contributed by atoms with E-state index < -0.39 is 0 Å². The number of benzene rings is 1. The van der Waals surface area contributed by atoms with E-state index in [1.807, 2.05) is 31.2 Å². The molecule has 1 aromatic rings. The molecule has 176 valence electrons. The lowest BCUT2D eigenvalue weighted by atomic mass is 9.97. The van der Waals surface area contributed by atoms with Gasteiger partial charge in [0.25, 0.3) is 5.91 Å². The predicted octanol–water partition coefficient (Wildman–Crippen LogP) is 2.13. The zero-order valence-corrected chi connectivity index (χ0v) is 19.3. The van der Waals surface area contributed by atoms with Crippen LogP contribution in [-0.2, 0) is 20.7 Å². The molecule has 8 nitrogen and oxygen atoms in total. The molecule has 2 fully saturated rings. The van der Waals surface area contributed by atoms with E-state index in [-0.39, 0.29) is 24.4 Å². The van der Waals surface area contributed by atoms with E-state index in [1.165, 1.54) is 5.56 Å². The minimum Gasteiger partial charge on any atom is -0.484 e. The average Bonchev–Trinajstić information content (AvgIpc) is 3.62. The molecule has 0 atom stereocenters. The Morgan fingerprint density at radius 2 is 1.81 bits per heavy atom. The van der Waals surface area contributed by atoms with Crippen LogP contribution < -0.4 is 15.4 Å². The Hall–Kier alpha value is -2.77. The number of likely N-dealkylation sites (tertiary alicyclic amines) is 1. The van der Waals surface area contributed by atoms with Gasteiger partial charge in [-0.3, -0.25) is 14.6 Å². The second-order valence-corrected chi connectivity index (χ2v) is 8.27. The van der Waals surface area contributed by atoms with Crippen LogP contribution in [0.15, 0.2) is 29.3 Å². The number of guanidine groups is 1. The quantitative estimate of drug-likeness (QED) is 0.326. The SMILES string of the molecule is CCNC(=NCCc1ccc(OCC(=O)NC2CC2)cc1)N1CCC(C(=O)OCC)CC1. The number of nitrogens with zero attached hydrogens (tertiary/aromatic N) is 2. The number of hydrogen-bond acceptors (Lipinski definition) is 5. The molecule has 1 aromatic carbocycles. The highest BCUT2D eigenvalue weighted by molar-refractivity contribution is 5.80. The summed E-state index contributed by atoms with van der Waals surface area (Å²) in [4.78, 5) is 30.7. The first kappa shape index (κ1) is 23.9. The third-order valence-electron chi connectivity index (χ3n) is 5.65. The molecule has 1 amide bonds. The van der Waals surface area contributed by atoms with Crippen molar-refractivity contribution < 1.29 is 19.1 Å². The Morgan fingerprint density at radius 3 is 2.44 bits per heavy atom. The third-order valence-corrected chi connectivity index (χ3v) is 5.65. The van der Waals surface area contributed by atoms with Crippen molar-refractivity contribution in [1.82, 2.24) is 15.5 Å². The largest absolute Gasteiger partial charge is 0.484 e. The Morgan fingerprint density at radius 1 is 1.09 bits per heavy atom. The van der Waals surface area contributed by atoms with E-state index in [1.54, 1.807) is 0 Å². The second kappa shape index (κ2) is 12.3. The lowest BCUT2D eigenvalue weighted by molar-refractivity contribution is -0.149. The van der Waals surface area contributed by atoms with Crippen LogP contribution in [0.4, 0.5) is 0 Å². The maximum atomic E-state index is 12.0. The van der Waals surface area contributed by atoms with Crippen LogP contribution in [0.1, 0.15) is 45.1 Å². The Bertz CT molecular complexity index is 769. The fraction of sp³-hybridized carbons (Fsp3) is 0.625. The molecule has 0 bridgehead atoms. The van der Waals surface area contributed by atoms with E-state index in [0.717, 1.165) is 57.7 Å². The van der Waals surface area contributed by atoms with Crippen molar-refractivity contribution in [2.45, 2.75) is 52.0 Å². The molecule has 0 radical (unpaired) electrons. The molecule has 0 aromatic heterocycles. The third kappa shape index (κ3) is 7.73. The summed E-state index contributed by atoms with van der Waals surface area (Å²) in [5.74, 6) is 1.45. The van der Waals surface area contributed by atoms with Crippen LogP contribution in [0.5, 0.6) is 5.75 Å². The maximum absolute atomic E-state index is 12.0. The monoisotopic (exact) mass is 444 g/mol. The minimum absolute atomic E-state index is 0.00501. The van der Waals surface area contributed by atoms with Gasteiger partial charge < -0.3 is 25.0 Å². The van der Waals surface area contributed by atoms with Crippen LogP contribution >= 0.6 is 0 Å². The number of rotatable bonds is 10. The number of nitrogens with one attached hydrogen (secondary N) is 2. The van der Waals surface area contributed by atoms with Crippen LogP contribution in [0.2, 0.25) is 0 Å². The fourth-order valence-electron chi connectivity index (χ4n) is 3.70. The zero-order chi connectivity index (χ0) is 22.8. The minimum atomic E-state index is -0.0786. The number of carbonyl (C=O) groups is 2. The molecule has 1 saturated heterocycles. The number of carbonyl (C=O) groups excluding carboxylic acids is 2. The van der Waals surface area contributed by atoms with Gasteiger partial charge in [0.1, 0.15) is 5.75 Å². The van der Waals surface area contributed by atoms with Crippen molar-refractivity contribution in [2.24, 2.45) is 10.9 Å². The summed E-state index contributed by atoms with van der Waals surface area (Å²) in [6.07, 6.45) is 4.55. The Kier molecular flexibility index (Phi) is 9.19. The number of amides is 1. The second-order valence-electron chi connectivity index (χ2n) is 8.27. The number of aliphatic imine (C=N–C) groups is 1. The molecule has 32 heavy (non-hydrogen) atoms. The summed E-state index contributed by atoms with van der Waals surface area (Å²) in [6, 6.07) is 8.18. The predicted molar refractivity (Wildman–Crippen MR) is 124 cm³/mol. The number of ether oxygens (including phenoxy) is 2. The van der Waals surface area contributed by atoms with E-state index in [2.05, 4.69) is 22.5 Å². The van der Waals surface area contributed by atoms with E-state index in [4.69, 9.17) is 14.5 Å². The molecule has 0 unspecified atom stereocenters. The molecular formula is C24H36N4O4. The summed E-state index contributed by atoms with van der Waals surface area (Å²) >= 11 is 0.